The first kappa shape index (κ1) is 11.9. The van der Waals surface area contributed by atoms with Crippen molar-refractivity contribution in [1.29, 1.82) is 0 Å². The number of aromatic nitrogens is 2. The number of rotatable bonds is 6. The minimum Gasteiger partial charge on any atom is -0.370 e. The van der Waals surface area contributed by atoms with Gasteiger partial charge in [0, 0.05) is 18.0 Å². The van der Waals surface area contributed by atoms with Gasteiger partial charge < -0.3 is 16.5 Å². The fraction of sp³-hybridized carbons (Fsp3) is 0.556. The van der Waals surface area contributed by atoms with Gasteiger partial charge in [-0.3, -0.25) is 4.99 Å². The molecule has 0 aliphatic heterocycles. The lowest BCUT2D eigenvalue weighted by atomic mass is 10.4. The Hall–Kier alpha value is -1.17. The number of hydrogen-bond acceptors (Lipinski definition) is 3. The molecule has 1 aromatic rings. The van der Waals surface area contributed by atoms with Crippen molar-refractivity contribution in [2.45, 2.75) is 19.1 Å². The zero-order chi connectivity index (χ0) is 11.1. The van der Waals surface area contributed by atoms with Gasteiger partial charge in [-0.05, 0) is 19.1 Å². The molecule has 5 N–H and O–H groups in total. The first-order valence-corrected chi connectivity index (χ1v) is 5.97. The van der Waals surface area contributed by atoms with E-state index in [0.717, 1.165) is 29.3 Å². The van der Waals surface area contributed by atoms with Crippen LogP contribution in [0.2, 0.25) is 0 Å². The average Bonchev–Trinajstić information content (AvgIpc) is 2.57. The monoisotopic (exact) mass is 227 g/mol. The highest BCUT2D eigenvalue weighted by Crippen LogP contribution is 2.13. The Labute approximate surface area is 93.7 Å². The summed E-state index contributed by atoms with van der Waals surface area (Å²) in [6, 6.07) is 0. The zero-order valence-electron chi connectivity index (χ0n) is 8.86. The second-order valence-corrected chi connectivity index (χ2v) is 4.29. The van der Waals surface area contributed by atoms with Gasteiger partial charge in [0.25, 0.3) is 0 Å². The van der Waals surface area contributed by atoms with Crippen LogP contribution in [0.1, 0.15) is 17.8 Å². The van der Waals surface area contributed by atoms with Crippen LogP contribution in [0.3, 0.4) is 0 Å². The number of thioether (sulfide) groups is 1. The summed E-state index contributed by atoms with van der Waals surface area (Å²) in [7, 11) is 0. The quantitative estimate of drug-likeness (QED) is 0.377. The molecule has 15 heavy (non-hydrogen) atoms. The molecule has 0 unspecified atom stereocenters. The number of nitrogens with one attached hydrogen (secondary N) is 1. The predicted octanol–water partition coefficient (Wildman–Crippen LogP) is 0.615. The molecule has 0 spiro atoms. The van der Waals surface area contributed by atoms with Crippen LogP contribution in [0, 0.1) is 6.92 Å². The van der Waals surface area contributed by atoms with E-state index in [1.165, 1.54) is 0 Å². The molecule has 84 valence electrons. The van der Waals surface area contributed by atoms with E-state index in [1.807, 2.05) is 18.7 Å². The van der Waals surface area contributed by atoms with Gasteiger partial charge in [-0.2, -0.15) is 11.8 Å². The van der Waals surface area contributed by atoms with E-state index in [1.54, 1.807) is 6.33 Å². The van der Waals surface area contributed by atoms with Crippen LogP contribution in [0.25, 0.3) is 0 Å². The van der Waals surface area contributed by atoms with Crippen LogP contribution < -0.4 is 11.5 Å². The minimum absolute atomic E-state index is 0.170. The third kappa shape index (κ3) is 4.73. The van der Waals surface area contributed by atoms with Gasteiger partial charge in [-0.1, -0.05) is 0 Å². The van der Waals surface area contributed by atoms with Gasteiger partial charge in [0.15, 0.2) is 5.96 Å². The molecular weight excluding hydrogens is 210 g/mol. The summed E-state index contributed by atoms with van der Waals surface area (Å²) in [5.41, 5.74) is 12.7. The number of H-pyrrole nitrogens is 1. The lowest BCUT2D eigenvalue weighted by molar-refractivity contribution is 0.937. The maximum absolute atomic E-state index is 5.21. The van der Waals surface area contributed by atoms with Gasteiger partial charge in [-0.25, -0.2) is 4.98 Å². The third-order valence-electron chi connectivity index (χ3n) is 1.91. The molecule has 1 heterocycles. The largest absolute Gasteiger partial charge is 0.370 e. The summed E-state index contributed by atoms with van der Waals surface area (Å²) in [6.07, 6.45) is 2.72. The van der Waals surface area contributed by atoms with Crippen LogP contribution in [0.5, 0.6) is 0 Å². The summed E-state index contributed by atoms with van der Waals surface area (Å²) in [5.74, 6) is 2.16. The number of aryl methyl sites for hydroxylation is 1. The molecule has 0 amide bonds. The van der Waals surface area contributed by atoms with Gasteiger partial charge in [0.1, 0.15) is 0 Å². The Kier molecular flexibility index (Phi) is 5.03. The van der Waals surface area contributed by atoms with E-state index in [4.69, 9.17) is 11.5 Å². The minimum atomic E-state index is 0.170. The Morgan fingerprint density at radius 1 is 1.60 bits per heavy atom. The van der Waals surface area contributed by atoms with Crippen molar-refractivity contribution < 1.29 is 0 Å². The average molecular weight is 227 g/mol. The zero-order valence-corrected chi connectivity index (χ0v) is 9.68. The van der Waals surface area contributed by atoms with Crippen molar-refractivity contribution in [2.24, 2.45) is 16.5 Å². The fourth-order valence-corrected chi connectivity index (χ4v) is 2.04. The fourth-order valence-electron chi connectivity index (χ4n) is 1.08. The molecule has 0 saturated carbocycles. The Morgan fingerprint density at radius 3 is 3.00 bits per heavy atom. The number of nitrogens with two attached hydrogens (primary N) is 2. The molecule has 0 bridgehead atoms. The van der Waals surface area contributed by atoms with Crippen LogP contribution in [0.4, 0.5) is 0 Å². The Bertz CT molecular complexity index is 316. The lowest BCUT2D eigenvalue weighted by Gasteiger charge is -1.99. The van der Waals surface area contributed by atoms with E-state index < -0.39 is 0 Å². The van der Waals surface area contributed by atoms with Crippen LogP contribution in [-0.2, 0) is 5.75 Å². The third-order valence-corrected chi connectivity index (χ3v) is 2.97. The number of aliphatic imine (C=N–C) groups is 1. The molecule has 0 aromatic carbocycles. The van der Waals surface area contributed by atoms with Crippen molar-refractivity contribution in [3.8, 4) is 0 Å². The Balaban J connectivity index is 2.08. The highest BCUT2D eigenvalue weighted by atomic mass is 32.2. The van der Waals surface area contributed by atoms with E-state index >= 15 is 0 Å². The molecule has 0 aliphatic carbocycles. The maximum Gasteiger partial charge on any atom is 0.185 e. The van der Waals surface area contributed by atoms with E-state index in [0.29, 0.717) is 6.54 Å². The summed E-state index contributed by atoms with van der Waals surface area (Å²) >= 11 is 1.84. The number of hydrogen-bond donors (Lipinski definition) is 3. The number of imidazole rings is 1. The first-order chi connectivity index (χ1) is 7.20. The Morgan fingerprint density at radius 2 is 2.40 bits per heavy atom. The standard InChI is InChI=1S/C9H17N5S/c1-7-8(14-6-13-7)5-15-4-2-3-12-9(10)11/h6H,2-5H2,1H3,(H,13,14)(H4,10,11,12). The first-order valence-electron chi connectivity index (χ1n) is 4.82. The molecular formula is C9H17N5S. The molecule has 0 saturated heterocycles. The smallest absolute Gasteiger partial charge is 0.185 e. The van der Waals surface area contributed by atoms with Crippen molar-refractivity contribution in [3.05, 3.63) is 17.7 Å². The predicted molar refractivity (Wildman–Crippen MR) is 64.8 cm³/mol. The lowest BCUT2D eigenvalue weighted by Crippen LogP contribution is -2.23. The van der Waals surface area contributed by atoms with Crippen molar-refractivity contribution in [1.82, 2.24) is 9.97 Å². The van der Waals surface area contributed by atoms with Gasteiger partial charge in [0.05, 0.1) is 12.0 Å². The van der Waals surface area contributed by atoms with Gasteiger partial charge >= 0.3 is 0 Å². The number of nitrogens with zero attached hydrogens (tertiary/aromatic N) is 2. The summed E-state index contributed by atoms with van der Waals surface area (Å²) in [5, 5.41) is 0. The highest BCUT2D eigenvalue weighted by molar-refractivity contribution is 7.98. The summed E-state index contributed by atoms with van der Waals surface area (Å²) in [6.45, 7) is 2.73. The molecule has 1 aromatic heterocycles. The molecule has 6 heteroatoms. The second-order valence-electron chi connectivity index (χ2n) is 3.19. The molecule has 5 nitrogen and oxygen atoms in total. The van der Waals surface area contributed by atoms with E-state index in [-0.39, 0.29) is 5.96 Å². The van der Waals surface area contributed by atoms with Gasteiger partial charge in [0.2, 0.25) is 0 Å². The molecule has 0 radical (unpaired) electrons. The maximum atomic E-state index is 5.21. The molecule has 0 aliphatic rings. The van der Waals surface area contributed by atoms with Crippen LogP contribution in [-0.4, -0.2) is 28.2 Å². The van der Waals surface area contributed by atoms with Crippen LogP contribution >= 0.6 is 11.8 Å². The topological polar surface area (TPSA) is 93.1 Å². The SMILES string of the molecule is Cc1[nH]cnc1CSCCCN=C(N)N. The summed E-state index contributed by atoms with van der Waals surface area (Å²) in [4.78, 5) is 11.2. The molecule has 0 atom stereocenters. The second kappa shape index (κ2) is 6.34. The van der Waals surface area contributed by atoms with Crippen molar-refractivity contribution in [2.75, 3.05) is 12.3 Å². The van der Waals surface area contributed by atoms with E-state index in [9.17, 15) is 0 Å². The normalized spacial score (nSPS) is 10.2. The molecule has 1 rings (SSSR count). The van der Waals surface area contributed by atoms with E-state index in [2.05, 4.69) is 15.0 Å². The van der Waals surface area contributed by atoms with Gasteiger partial charge in [-0.15, -0.1) is 0 Å². The summed E-state index contributed by atoms with van der Waals surface area (Å²) < 4.78 is 0. The highest BCUT2D eigenvalue weighted by Gasteiger charge is 1.99. The number of aromatic amines is 1. The van der Waals surface area contributed by atoms with Crippen molar-refractivity contribution >= 4 is 17.7 Å². The number of guanidine groups is 1. The van der Waals surface area contributed by atoms with Crippen molar-refractivity contribution in [3.63, 3.8) is 0 Å². The molecule has 0 fully saturated rings. The van der Waals surface area contributed by atoms with Crippen LogP contribution in [0.15, 0.2) is 11.3 Å².